The third kappa shape index (κ3) is 1.74. The fourth-order valence-corrected chi connectivity index (χ4v) is 2.70. The minimum atomic E-state index is 0.189. The van der Waals surface area contributed by atoms with E-state index in [2.05, 4.69) is 33.5 Å². The van der Waals surface area contributed by atoms with E-state index in [1.54, 1.807) is 0 Å². The molecule has 14 heavy (non-hydrogen) atoms. The molecule has 2 nitrogen and oxygen atoms in total. The molecule has 1 aliphatic rings. The second-order valence-electron chi connectivity index (χ2n) is 3.17. The van der Waals surface area contributed by atoms with Gasteiger partial charge in [-0.05, 0) is 47.2 Å². The minimum absolute atomic E-state index is 0.189. The van der Waals surface area contributed by atoms with Gasteiger partial charge in [0.1, 0.15) is 0 Å². The van der Waals surface area contributed by atoms with E-state index in [1.807, 2.05) is 12.1 Å². The number of benzene rings is 1. The zero-order valence-corrected chi connectivity index (χ0v) is 10.6. The molecule has 0 spiro atoms. The molecule has 0 bridgehead atoms. The summed E-state index contributed by atoms with van der Waals surface area (Å²) in [7, 11) is 0. The predicted molar refractivity (Wildman–Crippen MR) is 66.9 cm³/mol. The van der Waals surface area contributed by atoms with Gasteiger partial charge in [0.15, 0.2) is 5.11 Å². The van der Waals surface area contributed by atoms with Crippen molar-refractivity contribution in [3.63, 3.8) is 0 Å². The fourth-order valence-electron chi connectivity index (χ4n) is 1.49. The Morgan fingerprint density at radius 3 is 2.93 bits per heavy atom. The Bertz CT molecular complexity index is 408. The summed E-state index contributed by atoms with van der Waals surface area (Å²) in [5, 5.41) is 7.60. The van der Waals surface area contributed by atoms with Gasteiger partial charge in [0.05, 0.1) is 11.7 Å². The Hall–Kier alpha value is -0.320. The first-order chi connectivity index (χ1) is 6.58. The lowest BCUT2D eigenvalue weighted by Gasteiger charge is -2.27. The molecule has 0 saturated carbocycles. The Morgan fingerprint density at radius 2 is 2.21 bits per heavy atom. The maximum Gasteiger partial charge on any atom is 0.171 e. The molecule has 0 amide bonds. The molecule has 5 heteroatoms. The molecule has 0 fully saturated rings. The van der Waals surface area contributed by atoms with E-state index >= 15 is 0 Å². The summed E-state index contributed by atoms with van der Waals surface area (Å²) in [6.07, 6.45) is 0. The van der Waals surface area contributed by atoms with Gasteiger partial charge in [-0.2, -0.15) is 0 Å². The largest absolute Gasteiger partial charge is 0.356 e. The Balaban J connectivity index is 2.58. The molecule has 1 aliphatic heterocycles. The van der Waals surface area contributed by atoms with Gasteiger partial charge < -0.3 is 10.6 Å². The van der Waals surface area contributed by atoms with Gasteiger partial charge in [0, 0.05) is 15.1 Å². The van der Waals surface area contributed by atoms with Gasteiger partial charge in [-0.1, -0.05) is 11.6 Å². The molecular formula is C9H8BrClN2S. The molecule has 0 aromatic heterocycles. The lowest BCUT2D eigenvalue weighted by atomic mass is 10.0. The highest BCUT2D eigenvalue weighted by Crippen LogP contribution is 2.36. The highest BCUT2D eigenvalue weighted by molar-refractivity contribution is 9.10. The van der Waals surface area contributed by atoms with Crippen molar-refractivity contribution in [1.82, 2.24) is 5.32 Å². The van der Waals surface area contributed by atoms with E-state index in [4.69, 9.17) is 23.8 Å². The van der Waals surface area contributed by atoms with Crippen molar-refractivity contribution in [3.05, 3.63) is 27.2 Å². The van der Waals surface area contributed by atoms with Crippen molar-refractivity contribution in [2.24, 2.45) is 0 Å². The van der Waals surface area contributed by atoms with Crippen molar-refractivity contribution < 1.29 is 0 Å². The van der Waals surface area contributed by atoms with Crippen molar-refractivity contribution in [1.29, 1.82) is 0 Å². The number of nitrogens with one attached hydrogen (secondary N) is 2. The molecule has 2 N–H and O–H groups in total. The van der Waals surface area contributed by atoms with Crippen molar-refractivity contribution in [2.45, 2.75) is 13.0 Å². The van der Waals surface area contributed by atoms with Crippen LogP contribution in [0.2, 0.25) is 5.02 Å². The molecule has 1 aromatic rings. The van der Waals surface area contributed by atoms with Crippen LogP contribution in [0.25, 0.3) is 0 Å². The lowest BCUT2D eigenvalue weighted by molar-refractivity contribution is 0.712. The van der Waals surface area contributed by atoms with E-state index in [9.17, 15) is 0 Å². The maximum absolute atomic E-state index is 5.97. The van der Waals surface area contributed by atoms with Gasteiger partial charge in [0.2, 0.25) is 0 Å². The summed E-state index contributed by atoms with van der Waals surface area (Å²) in [4.78, 5) is 0. The minimum Gasteiger partial charge on any atom is -0.356 e. The summed E-state index contributed by atoms with van der Waals surface area (Å²) >= 11 is 14.5. The Labute approximate surface area is 101 Å². The number of hydrogen-bond donors (Lipinski definition) is 2. The lowest BCUT2D eigenvalue weighted by Crippen LogP contribution is -2.36. The van der Waals surface area contributed by atoms with E-state index in [0.717, 1.165) is 20.7 Å². The summed E-state index contributed by atoms with van der Waals surface area (Å²) in [5.41, 5.74) is 2.13. The van der Waals surface area contributed by atoms with Gasteiger partial charge in [0.25, 0.3) is 0 Å². The number of fused-ring (bicyclic) bond motifs is 1. The zero-order valence-electron chi connectivity index (χ0n) is 7.40. The quantitative estimate of drug-likeness (QED) is 0.716. The van der Waals surface area contributed by atoms with Crippen molar-refractivity contribution in [2.75, 3.05) is 5.32 Å². The van der Waals surface area contributed by atoms with E-state index < -0.39 is 0 Å². The van der Waals surface area contributed by atoms with E-state index in [-0.39, 0.29) is 6.04 Å². The molecular weight excluding hydrogens is 284 g/mol. The Kier molecular flexibility index (Phi) is 2.68. The SMILES string of the molecule is CC1NC(=S)Nc2c(Br)cc(Cl)cc21. The molecule has 1 heterocycles. The monoisotopic (exact) mass is 290 g/mol. The normalized spacial score (nSPS) is 19.6. The highest BCUT2D eigenvalue weighted by atomic mass is 79.9. The first-order valence-corrected chi connectivity index (χ1v) is 5.72. The van der Waals surface area contributed by atoms with Crippen LogP contribution >= 0.6 is 39.7 Å². The molecule has 74 valence electrons. The van der Waals surface area contributed by atoms with Crippen molar-refractivity contribution >= 4 is 50.5 Å². The third-order valence-corrected chi connectivity index (χ3v) is 3.20. The number of thiocarbonyl (C=S) groups is 1. The summed E-state index contributed by atoms with van der Waals surface area (Å²) in [6, 6.07) is 3.98. The average molecular weight is 292 g/mol. The van der Waals surface area contributed by atoms with Crippen LogP contribution in [0.4, 0.5) is 5.69 Å². The second-order valence-corrected chi connectivity index (χ2v) is 4.87. The number of hydrogen-bond acceptors (Lipinski definition) is 1. The Morgan fingerprint density at radius 1 is 1.50 bits per heavy atom. The van der Waals surface area contributed by atoms with Gasteiger partial charge in [-0.15, -0.1) is 0 Å². The molecule has 2 rings (SSSR count). The zero-order chi connectivity index (χ0) is 10.3. The molecule has 1 atom stereocenters. The van der Waals surface area contributed by atoms with Crippen LogP contribution in [0, 0.1) is 0 Å². The first-order valence-electron chi connectivity index (χ1n) is 4.14. The summed E-state index contributed by atoms with van der Waals surface area (Å²) in [6.45, 7) is 2.05. The van der Waals surface area contributed by atoms with Gasteiger partial charge >= 0.3 is 0 Å². The highest BCUT2D eigenvalue weighted by Gasteiger charge is 2.20. The number of rotatable bonds is 0. The van der Waals surface area contributed by atoms with Crippen LogP contribution < -0.4 is 10.6 Å². The third-order valence-electron chi connectivity index (χ3n) is 2.14. The second kappa shape index (κ2) is 3.68. The van der Waals surface area contributed by atoms with E-state index in [0.29, 0.717) is 5.11 Å². The molecule has 0 radical (unpaired) electrons. The van der Waals surface area contributed by atoms with Gasteiger partial charge in [-0.3, -0.25) is 0 Å². The molecule has 0 aliphatic carbocycles. The fraction of sp³-hybridized carbons (Fsp3) is 0.222. The first kappa shape index (κ1) is 10.2. The maximum atomic E-state index is 5.97. The number of anilines is 1. The average Bonchev–Trinajstić information content (AvgIpc) is 2.07. The van der Waals surface area contributed by atoms with E-state index in [1.165, 1.54) is 0 Å². The molecule has 1 aromatic carbocycles. The standard InChI is InChI=1S/C9H8BrClN2S/c1-4-6-2-5(11)3-7(10)8(6)13-9(14)12-4/h2-4H,1H3,(H2,12,13,14). The van der Waals surface area contributed by atoms with Crippen molar-refractivity contribution in [3.8, 4) is 0 Å². The van der Waals surface area contributed by atoms with Crippen LogP contribution in [-0.2, 0) is 0 Å². The molecule has 0 saturated heterocycles. The predicted octanol–water partition coefficient (Wildman–Crippen LogP) is 3.46. The van der Waals surface area contributed by atoms with Gasteiger partial charge in [-0.25, -0.2) is 0 Å². The number of halogens is 2. The van der Waals surface area contributed by atoms with Crippen LogP contribution in [-0.4, -0.2) is 5.11 Å². The smallest absolute Gasteiger partial charge is 0.171 e. The molecule has 1 unspecified atom stereocenters. The topological polar surface area (TPSA) is 24.1 Å². The van der Waals surface area contributed by atoms with Crippen LogP contribution in [0.1, 0.15) is 18.5 Å². The van der Waals surface area contributed by atoms with Crippen LogP contribution in [0.3, 0.4) is 0 Å². The van der Waals surface area contributed by atoms with Crippen LogP contribution in [0.15, 0.2) is 16.6 Å². The summed E-state index contributed by atoms with van der Waals surface area (Å²) in [5.74, 6) is 0. The summed E-state index contributed by atoms with van der Waals surface area (Å²) < 4.78 is 0.940. The van der Waals surface area contributed by atoms with Crippen LogP contribution in [0.5, 0.6) is 0 Å².